The Labute approximate surface area is 308 Å². The van der Waals surface area contributed by atoms with E-state index in [1.807, 2.05) is 21.9 Å². The molecule has 2 fully saturated rings. The van der Waals surface area contributed by atoms with Gasteiger partial charge in [-0.3, -0.25) is 19.6 Å². The molecule has 0 aromatic carbocycles. The molecule has 7 heterocycles. The van der Waals surface area contributed by atoms with Crippen molar-refractivity contribution >= 4 is 33.9 Å². The van der Waals surface area contributed by atoms with Gasteiger partial charge in [0.15, 0.2) is 0 Å². The molecule has 2 N–H and O–H groups in total. The van der Waals surface area contributed by atoms with Crippen molar-refractivity contribution in [3.63, 3.8) is 0 Å². The highest BCUT2D eigenvalue weighted by Crippen LogP contribution is 2.34. The summed E-state index contributed by atoms with van der Waals surface area (Å²) in [7, 11) is 8.89. The van der Waals surface area contributed by atoms with E-state index in [1.165, 1.54) is 0 Å². The van der Waals surface area contributed by atoms with Crippen LogP contribution in [-0.4, -0.2) is 131 Å². The van der Waals surface area contributed by atoms with E-state index in [4.69, 9.17) is 9.97 Å². The normalized spacial score (nSPS) is 20.4. The van der Waals surface area contributed by atoms with Crippen molar-refractivity contribution < 1.29 is 43.4 Å². The fraction of sp³-hybridized carbons (Fsp3) is 0.526. The van der Waals surface area contributed by atoms with Gasteiger partial charge in [-0.15, -0.1) is 0 Å². The van der Waals surface area contributed by atoms with Crippen molar-refractivity contribution in [2.24, 2.45) is 0 Å². The van der Waals surface area contributed by atoms with E-state index in [0.29, 0.717) is 11.1 Å². The maximum absolute atomic E-state index is 14.0. The molecule has 0 radical (unpaired) electrons. The first-order valence-electron chi connectivity index (χ1n) is 17.4. The molecular weight excluding hydrogens is 671 g/mol. The van der Waals surface area contributed by atoms with Crippen LogP contribution in [-0.2, 0) is 23.7 Å². The van der Waals surface area contributed by atoms with Crippen LogP contribution in [0.5, 0.6) is 0 Å². The molecule has 0 aliphatic carbocycles. The number of H-pyrrole nitrogens is 2. The fourth-order valence-corrected chi connectivity index (χ4v) is 7.51. The maximum Gasteiger partial charge on any atom is 0.256 e. The number of aromatic nitrogens is 4. The molecule has 8 bridgehead atoms. The Bertz CT molecular complexity index is 1810. The molecule has 12 heteroatoms. The molecule has 50 heavy (non-hydrogen) atoms. The minimum Gasteiger partial charge on any atom is -1.00 e. The van der Waals surface area contributed by atoms with Gasteiger partial charge in [-0.1, -0.05) is 27.7 Å². The number of rotatable bonds is 2. The third kappa shape index (κ3) is 7.45. The van der Waals surface area contributed by atoms with Gasteiger partial charge in [0.2, 0.25) is 0 Å². The average molecular weight is 724 g/mol. The molecule has 4 aliphatic heterocycles. The fourth-order valence-electron chi connectivity index (χ4n) is 7.51. The lowest BCUT2D eigenvalue weighted by Gasteiger charge is -2.39. The number of piperazine rings is 2. The topological polar surface area (TPSA) is 98.0 Å². The summed E-state index contributed by atoms with van der Waals surface area (Å²) in [5.74, 6) is 0.118. The zero-order valence-corrected chi connectivity index (χ0v) is 32.3. The van der Waals surface area contributed by atoms with Crippen LogP contribution in [0.4, 0.5) is 0 Å². The molecule has 0 spiro atoms. The number of nitrogens with one attached hydrogen (secondary N) is 2. The van der Waals surface area contributed by atoms with Gasteiger partial charge < -0.3 is 53.5 Å². The highest BCUT2D eigenvalue weighted by Gasteiger charge is 2.33. The maximum atomic E-state index is 14.0. The number of aromatic amines is 2. The predicted octanol–water partition coefficient (Wildman–Crippen LogP) is -1.57. The van der Waals surface area contributed by atoms with Gasteiger partial charge in [-0.05, 0) is 36.4 Å². The summed E-state index contributed by atoms with van der Waals surface area (Å²) in [6, 6.07) is 12.3. The summed E-state index contributed by atoms with van der Waals surface area (Å²) in [4.78, 5) is 49.4. The van der Waals surface area contributed by atoms with Crippen LogP contribution < -0.4 is 24.8 Å². The summed E-state index contributed by atoms with van der Waals surface area (Å²) < 4.78 is 1.85. The van der Waals surface area contributed by atoms with Gasteiger partial charge >= 0.3 is 0 Å². The van der Waals surface area contributed by atoms with E-state index >= 15 is 0 Å². The van der Waals surface area contributed by atoms with Crippen LogP contribution in [0.2, 0.25) is 0 Å². The number of carbonyl (C=O) groups excluding carboxylic acids is 2. The smallest absolute Gasteiger partial charge is 0.256 e. The predicted molar refractivity (Wildman–Crippen MR) is 190 cm³/mol. The van der Waals surface area contributed by atoms with Crippen LogP contribution in [0.3, 0.4) is 0 Å². The Morgan fingerprint density at radius 3 is 1.28 bits per heavy atom. The van der Waals surface area contributed by atoms with E-state index < -0.39 is 0 Å². The molecule has 3 aromatic heterocycles. The third-order valence-electron chi connectivity index (χ3n) is 11.0. The number of halogens is 2. The van der Waals surface area contributed by atoms with Crippen LogP contribution in [0, 0.1) is 0 Å². The molecular formula is C38H52Cl2N8O2. The van der Waals surface area contributed by atoms with Gasteiger partial charge in [0.25, 0.3) is 11.8 Å². The van der Waals surface area contributed by atoms with E-state index in [0.717, 1.165) is 119 Å². The van der Waals surface area contributed by atoms with Crippen LogP contribution in [0.25, 0.3) is 22.1 Å². The first-order valence-corrected chi connectivity index (χ1v) is 17.4. The highest BCUT2D eigenvalue weighted by molar-refractivity contribution is 6.03. The molecule has 2 saturated heterocycles. The van der Waals surface area contributed by atoms with Crippen LogP contribution >= 0.6 is 0 Å². The summed E-state index contributed by atoms with van der Waals surface area (Å²) in [6.45, 7) is 15.5. The second kappa shape index (κ2) is 13.3. The lowest BCUT2D eigenvalue weighted by Crippen LogP contribution is -3.00. The summed E-state index contributed by atoms with van der Waals surface area (Å²) in [6.07, 6.45) is 1.48. The number of nitrogens with zero attached hydrogens (tertiary/aromatic N) is 6. The third-order valence-corrected chi connectivity index (χ3v) is 11.0. The van der Waals surface area contributed by atoms with Crippen molar-refractivity contribution in [1.82, 2.24) is 29.7 Å². The minimum atomic E-state index is -0.222. The first kappa shape index (κ1) is 37.8. The summed E-state index contributed by atoms with van der Waals surface area (Å²) in [5.41, 5.74) is 7.96. The number of hydrogen-bond acceptors (Lipinski definition) is 4. The van der Waals surface area contributed by atoms with Gasteiger partial charge in [0.1, 0.15) is 0 Å². The van der Waals surface area contributed by atoms with Crippen molar-refractivity contribution in [1.29, 1.82) is 0 Å². The Kier molecular flexibility index (Phi) is 10.0. The number of likely N-dealkylation sites (N-methyl/N-ethyl adjacent to an activating group) is 2. The molecule has 2 amide bonds. The minimum absolute atomic E-state index is 0. The number of amides is 2. The number of carbonyl (C=O) groups is 2. The van der Waals surface area contributed by atoms with Gasteiger partial charge in [-0.2, -0.15) is 0 Å². The second-order valence-corrected chi connectivity index (χ2v) is 17.1. The molecule has 7 rings (SSSR count). The van der Waals surface area contributed by atoms with E-state index in [9.17, 15) is 9.59 Å². The van der Waals surface area contributed by atoms with Crippen molar-refractivity contribution in [2.45, 2.75) is 51.4 Å². The van der Waals surface area contributed by atoms with Crippen LogP contribution in [0.1, 0.15) is 71.2 Å². The standard InChI is InChI=1S/C38H51N8O2.2ClH/c1-37(2)23-27-19-31-30(36(48)44-11-15-46(7,8)16-12-44)18-26(40-31)22-34-38(3,4)24-28(42-34)20-32-29(17-25(39-32)21-33(37)41-27)35(47)43-9-13-45(5,6)14-10-43;;/h17-22H,9-16,23-24H2,1-8H3,(H-,39,40,41,42,47,48);2*1H/q+1;;/p-1. The second-order valence-electron chi connectivity index (χ2n) is 17.1. The lowest BCUT2D eigenvalue weighted by molar-refractivity contribution is -0.894. The molecule has 0 saturated carbocycles. The quantitative estimate of drug-likeness (QED) is 0.313. The Morgan fingerprint density at radius 1 is 0.600 bits per heavy atom. The zero-order valence-electron chi connectivity index (χ0n) is 30.8. The molecule has 3 aromatic rings. The zero-order chi connectivity index (χ0) is 34.2. The molecule has 10 nitrogen and oxygen atoms in total. The van der Waals surface area contributed by atoms with Crippen LogP contribution in [0.15, 0.2) is 36.4 Å². The SMILES string of the molecule is CC1(C)Cc2cc3[nH]c(cc4nc(cc5[nH]c(cc1n2)cc5C(=O)N1CC[N+](C)(C)CC1)CC4(C)C)cc3C(=O)N1CC[N+](C)(C)CC1.[Cl-].[Cl-]. The van der Waals surface area contributed by atoms with Crippen molar-refractivity contribution in [3.05, 3.63) is 70.3 Å². The number of hydrogen-bond donors (Lipinski definition) is 2. The Morgan fingerprint density at radius 2 is 0.940 bits per heavy atom. The monoisotopic (exact) mass is 722 g/mol. The molecule has 4 aliphatic rings. The van der Waals surface area contributed by atoms with Gasteiger partial charge in [0, 0.05) is 57.5 Å². The Hall–Kier alpha value is -3.44. The number of quaternary nitrogens is 2. The molecule has 0 unspecified atom stereocenters. The van der Waals surface area contributed by atoms with Gasteiger partial charge in [0.05, 0.1) is 103 Å². The van der Waals surface area contributed by atoms with E-state index in [2.05, 4.69) is 90.1 Å². The largest absolute Gasteiger partial charge is 1.00 e. The van der Waals surface area contributed by atoms with E-state index in [1.54, 1.807) is 0 Å². The first-order chi connectivity index (χ1) is 22.5. The summed E-state index contributed by atoms with van der Waals surface area (Å²) in [5, 5.41) is 0. The average Bonchev–Trinajstić information content (AvgIpc) is 3.72. The molecule has 270 valence electrons. The van der Waals surface area contributed by atoms with E-state index in [-0.39, 0.29) is 47.5 Å². The van der Waals surface area contributed by atoms with Crippen molar-refractivity contribution in [3.8, 4) is 0 Å². The Balaban J connectivity index is 0.00000243. The van der Waals surface area contributed by atoms with Gasteiger partial charge in [-0.25, -0.2) is 0 Å². The molecule has 0 atom stereocenters. The van der Waals surface area contributed by atoms with Crippen molar-refractivity contribution in [2.75, 3.05) is 80.5 Å². The highest BCUT2D eigenvalue weighted by atomic mass is 35.5. The lowest BCUT2D eigenvalue weighted by atomic mass is 9.87. The summed E-state index contributed by atoms with van der Waals surface area (Å²) >= 11 is 0. The number of fused-ring (bicyclic) bond motifs is 8.